The van der Waals surface area contributed by atoms with Gasteiger partial charge in [-0.2, -0.15) is 12.6 Å². The molecule has 0 radical (unpaired) electrons. The molecule has 1 fully saturated rings. The van der Waals surface area contributed by atoms with Crippen molar-refractivity contribution in [2.75, 3.05) is 58.2 Å². The van der Waals surface area contributed by atoms with Crippen LogP contribution in [0.2, 0.25) is 0 Å². The quantitative estimate of drug-likeness (QED) is 0.625. The van der Waals surface area contributed by atoms with Crippen LogP contribution < -0.4 is 0 Å². The van der Waals surface area contributed by atoms with Crippen LogP contribution in [0.25, 0.3) is 0 Å². The van der Waals surface area contributed by atoms with E-state index in [0.717, 1.165) is 25.5 Å². The highest BCUT2D eigenvalue weighted by atomic mass is 32.1. The van der Waals surface area contributed by atoms with Gasteiger partial charge in [0.05, 0.1) is 0 Å². The molecule has 1 aliphatic rings. The molecule has 0 amide bonds. The molecule has 4 heteroatoms. The summed E-state index contributed by atoms with van der Waals surface area (Å²) in [6, 6.07) is 0. The van der Waals surface area contributed by atoms with Gasteiger partial charge >= 0.3 is 0 Å². The molecule has 0 aromatic rings. The minimum atomic E-state index is 0.382. The van der Waals surface area contributed by atoms with E-state index in [1.54, 1.807) is 0 Å². The molecule has 0 N–H and O–H groups in total. The van der Waals surface area contributed by atoms with Crippen LogP contribution in [0.5, 0.6) is 0 Å². The molecule has 3 nitrogen and oxygen atoms in total. The van der Waals surface area contributed by atoms with E-state index in [2.05, 4.69) is 43.2 Å². The van der Waals surface area contributed by atoms with E-state index in [9.17, 15) is 0 Å². The fraction of sp³-hybridized carbons (Fsp3) is 1.00. The Hall–Kier alpha value is 0.230. The van der Waals surface area contributed by atoms with Crippen LogP contribution in [-0.2, 0) is 4.74 Å². The van der Waals surface area contributed by atoms with Gasteiger partial charge < -0.3 is 14.5 Å². The van der Waals surface area contributed by atoms with Gasteiger partial charge in [0.15, 0.2) is 0 Å². The lowest BCUT2D eigenvalue weighted by Gasteiger charge is -2.40. The monoisotopic (exact) mass is 302 g/mol. The van der Waals surface area contributed by atoms with E-state index in [1.807, 2.05) is 0 Å². The van der Waals surface area contributed by atoms with Crippen molar-refractivity contribution in [3.8, 4) is 0 Å². The maximum atomic E-state index is 5.52. The average molecular weight is 303 g/mol. The van der Waals surface area contributed by atoms with Gasteiger partial charge in [0.1, 0.15) is 0 Å². The Morgan fingerprint density at radius 2 is 1.50 bits per heavy atom. The summed E-state index contributed by atoms with van der Waals surface area (Å²) in [5, 5.41) is 0. The Labute approximate surface area is 131 Å². The Balaban J connectivity index is 2.37. The molecular formula is C16H34N2OS. The van der Waals surface area contributed by atoms with E-state index in [0.29, 0.717) is 5.41 Å². The van der Waals surface area contributed by atoms with E-state index in [1.165, 1.54) is 52.0 Å². The summed E-state index contributed by atoms with van der Waals surface area (Å²) >= 11 is 4.63. The minimum Gasteiger partial charge on any atom is -0.381 e. The maximum absolute atomic E-state index is 5.52. The average Bonchev–Trinajstić information content (AvgIpc) is 2.51. The summed E-state index contributed by atoms with van der Waals surface area (Å²) in [7, 11) is 0. The van der Waals surface area contributed by atoms with Gasteiger partial charge in [-0.25, -0.2) is 0 Å². The summed E-state index contributed by atoms with van der Waals surface area (Å²) in [5.41, 5.74) is 0.382. The van der Waals surface area contributed by atoms with Crippen molar-refractivity contribution in [3.05, 3.63) is 0 Å². The van der Waals surface area contributed by atoms with Crippen LogP contribution in [0.4, 0.5) is 0 Å². The first-order valence-corrected chi connectivity index (χ1v) is 8.96. The third-order valence-corrected chi connectivity index (χ3v) is 5.41. The molecule has 0 bridgehead atoms. The lowest BCUT2D eigenvalue weighted by Crippen LogP contribution is -2.43. The summed E-state index contributed by atoms with van der Waals surface area (Å²) in [4.78, 5) is 5.13. The molecule has 0 saturated carbocycles. The van der Waals surface area contributed by atoms with Gasteiger partial charge in [-0.3, -0.25) is 0 Å². The zero-order valence-electron chi connectivity index (χ0n) is 13.7. The van der Waals surface area contributed by atoms with Gasteiger partial charge in [0.25, 0.3) is 0 Å². The molecule has 1 aliphatic heterocycles. The van der Waals surface area contributed by atoms with Crippen molar-refractivity contribution in [3.63, 3.8) is 0 Å². The van der Waals surface area contributed by atoms with E-state index in [-0.39, 0.29) is 0 Å². The van der Waals surface area contributed by atoms with Gasteiger partial charge in [-0.05, 0) is 63.2 Å². The number of nitrogens with zero attached hydrogens (tertiary/aromatic N) is 2. The smallest absolute Gasteiger partial charge is 0.0472 e. The molecule has 0 atom stereocenters. The van der Waals surface area contributed by atoms with Crippen molar-refractivity contribution >= 4 is 12.6 Å². The van der Waals surface area contributed by atoms with Crippen LogP contribution in [0.15, 0.2) is 0 Å². The van der Waals surface area contributed by atoms with E-state index in [4.69, 9.17) is 4.74 Å². The van der Waals surface area contributed by atoms with Crippen LogP contribution in [0.1, 0.15) is 40.0 Å². The third-order valence-electron chi connectivity index (χ3n) is 4.74. The largest absolute Gasteiger partial charge is 0.381 e. The lowest BCUT2D eigenvalue weighted by molar-refractivity contribution is 0.00802. The fourth-order valence-electron chi connectivity index (χ4n) is 3.05. The second-order valence-electron chi connectivity index (χ2n) is 6.02. The van der Waals surface area contributed by atoms with Crippen LogP contribution >= 0.6 is 12.6 Å². The van der Waals surface area contributed by atoms with E-state index < -0.39 is 0 Å². The van der Waals surface area contributed by atoms with Gasteiger partial charge in [-0.15, -0.1) is 0 Å². The lowest BCUT2D eigenvalue weighted by atomic mass is 9.81. The Morgan fingerprint density at radius 3 is 2.00 bits per heavy atom. The van der Waals surface area contributed by atoms with Gasteiger partial charge in [0.2, 0.25) is 0 Å². The maximum Gasteiger partial charge on any atom is 0.0472 e. The van der Waals surface area contributed by atoms with Crippen molar-refractivity contribution in [2.24, 2.45) is 5.41 Å². The van der Waals surface area contributed by atoms with Gasteiger partial charge in [0, 0.05) is 19.8 Å². The summed E-state index contributed by atoms with van der Waals surface area (Å²) in [6.45, 7) is 15.7. The second kappa shape index (κ2) is 10.0. The summed E-state index contributed by atoms with van der Waals surface area (Å²) < 4.78 is 5.52. The predicted octanol–water partition coefficient (Wildman–Crippen LogP) is 2.77. The number of hydrogen-bond donors (Lipinski definition) is 1. The van der Waals surface area contributed by atoms with E-state index >= 15 is 0 Å². The topological polar surface area (TPSA) is 15.7 Å². The van der Waals surface area contributed by atoms with Gasteiger partial charge in [-0.1, -0.05) is 20.8 Å². The van der Waals surface area contributed by atoms with Crippen LogP contribution in [-0.4, -0.2) is 68.0 Å². The van der Waals surface area contributed by atoms with Crippen molar-refractivity contribution < 1.29 is 4.74 Å². The second-order valence-corrected chi connectivity index (χ2v) is 6.34. The highest BCUT2D eigenvalue weighted by Crippen LogP contribution is 2.32. The first-order chi connectivity index (χ1) is 9.69. The van der Waals surface area contributed by atoms with Crippen molar-refractivity contribution in [1.29, 1.82) is 0 Å². The molecular weight excluding hydrogens is 268 g/mol. The Kier molecular flexibility index (Phi) is 9.18. The molecule has 0 spiro atoms. The molecule has 1 saturated heterocycles. The highest BCUT2D eigenvalue weighted by molar-refractivity contribution is 7.80. The van der Waals surface area contributed by atoms with Crippen LogP contribution in [0, 0.1) is 5.41 Å². The fourth-order valence-corrected chi connectivity index (χ4v) is 3.47. The first kappa shape index (κ1) is 18.3. The molecule has 0 aromatic heterocycles. The molecule has 0 aliphatic carbocycles. The Bertz CT molecular complexity index is 241. The molecule has 1 heterocycles. The van der Waals surface area contributed by atoms with Crippen molar-refractivity contribution in [1.82, 2.24) is 9.80 Å². The molecule has 120 valence electrons. The zero-order valence-corrected chi connectivity index (χ0v) is 14.6. The number of ether oxygens (including phenoxy) is 1. The molecule has 0 unspecified atom stereocenters. The third kappa shape index (κ3) is 5.92. The number of thiol groups is 1. The number of rotatable bonds is 10. The predicted molar refractivity (Wildman–Crippen MR) is 90.9 cm³/mol. The molecule has 1 rings (SSSR count). The number of hydrogen-bond acceptors (Lipinski definition) is 4. The van der Waals surface area contributed by atoms with Crippen LogP contribution in [0.3, 0.4) is 0 Å². The van der Waals surface area contributed by atoms with Crippen molar-refractivity contribution in [2.45, 2.75) is 40.0 Å². The Morgan fingerprint density at radius 1 is 0.950 bits per heavy atom. The normalized spacial score (nSPS) is 18.9. The zero-order chi connectivity index (χ0) is 14.8. The molecule has 0 aromatic carbocycles. The molecule has 20 heavy (non-hydrogen) atoms. The first-order valence-electron chi connectivity index (χ1n) is 8.33. The SMILES string of the molecule is CCN(CC)CCCN(CC)CC1(CS)CCOCC1. The summed E-state index contributed by atoms with van der Waals surface area (Å²) in [5.74, 6) is 0.989. The minimum absolute atomic E-state index is 0.382. The summed E-state index contributed by atoms with van der Waals surface area (Å²) in [6.07, 6.45) is 3.61. The standard InChI is InChI=1S/C16H34N2OS/c1-4-17(5-2)10-7-11-18(6-3)14-16(15-20)8-12-19-13-9-16/h20H,4-15H2,1-3H3. The highest BCUT2D eigenvalue weighted by Gasteiger charge is 2.32.